The van der Waals surface area contributed by atoms with Crippen molar-refractivity contribution < 1.29 is 4.79 Å². The molecule has 1 aliphatic rings. The molecule has 1 N–H and O–H groups in total. The number of nitrogens with one attached hydrogen (secondary N) is 1. The van der Waals surface area contributed by atoms with Crippen molar-refractivity contribution in [2.75, 3.05) is 32.7 Å². The Balaban J connectivity index is 1.38. The molecular weight excluding hydrogens is 316 g/mol. The molecule has 1 fully saturated rings. The van der Waals surface area contributed by atoms with Gasteiger partial charge in [-0.1, -0.05) is 37.3 Å². The maximum Gasteiger partial charge on any atom is 0.317 e. The number of hydrogen-bond acceptors (Lipinski definition) is 4. The molecule has 134 valence electrons. The van der Waals surface area contributed by atoms with Crippen LogP contribution in [0, 0.1) is 0 Å². The van der Waals surface area contributed by atoms with Crippen molar-refractivity contribution >= 4 is 6.03 Å². The molecule has 1 saturated heterocycles. The molecule has 0 radical (unpaired) electrons. The molecule has 2 heterocycles. The van der Waals surface area contributed by atoms with Crippen LogP contribution < -0.4 is 5.32 Å². The van der Waals surface area contributed by atoms with Crippen LogP contribution in [0.4, 0.5) is 4.79 Å². The average molecular weight is 342 g/mol. The third-order valence-electron chi connectivity index (χ3n) is 4.55. The standard InChI is InChI=1S/C18H26N6O/c1-2-17-21-20-15-24(17)9-8-19-18(25)23-12-10-22(11-13-23)14-16-6-4-3-5-7-16/h3-7,15H,2,8-14H2,1H3,(H,19,25). The van der Waals surface area contributed by atoms with E-state index in [2.05, 4.69) is 44.7 Å². The Kier molecular flexibility index (Phi) is 6.00. The highest BCUT2D eigenvalue weighted by molar-refractivity contribution is 5.74. The van der Waals surface area contributed by atoms with Crippen LogP contribution in [-0.2, 0) is 19.5 Å². The van der Waals surface area contributed by atoms with E-state index in [1.54, 1.807) is 6.33 Å². The van der Waals surface area contributed by atoms with E-state index in [0.29, 0.717) is 13.1 Å². The topological polar surface area (TPSA) is 66.3 Å². The molecule has 25 heavy (non-hydrogen) atoms. The van der Waals surface area contributed by atoms with Crippen LogP contribution >= 0.6 is 0 Å². The summed E-state index contributed by atoms with van der Waals surface area (Å²) in [7, 11) is 0. The number of rotatable bonds is 6. The molecule has 0 atom stereocenters. The van der Waals surface area contributed by atoms with Gasteiger partial charge in [-0.15, -0.1) is 10.2 Å². The second kappa shape index (κ2) is 8.62. The van der Waals surface area contributed by atoms with Gasteiger partial charge in [0.1, 0.15) is 12.2 Å². The molecule has 2 amide bonds. The number of carbonyl (C=O) groups excluding carboxylic acids is 1. The number of aromatic nitrogens is 3. The minimum atomic E-state index is 0.0190. The Labute approximate surface area is 148 Å². The molecular formula is C18H26N6O. The van der Waals surface area contributed by atoms with Crippen LogP contribution in [-0.4, -0.2) is 63.3 Å². The summed E-state index contributed by atoms with van der Waals surface area (Å²) in [5, 5.41) is 11.0. The monoisotopic (exact) mass is 342 g/mol. The molecule has 1 aromatic heterocycles. The number of benzene rings is 1. The third kappa shape index (κ3) is 4.79. The number of hydrogen-bond donors (Lipinski definition) is 1. The molecule has 0 unspecified atom stereocenters. The van der Waals surface area contributed by atoms with Gasteiger partial charge in [0, 0.05) is 52.2 Å². The SMILES string of the molecule is CCc1nncn1CCNC(=O)N1CCN(Cc2ccccc2)CC1. The van der Waals surface area contributed by atoms with Gasteiger partial charge >= 0.3 is 6.03 Å². The molecule has 0 bridgehead atoms. The number of amides is 2. The minimum Gasteiger partial charge on any atom is -0.336 e. The fourth-order valence-electron chi connectivity index (χ4n) is 3.09. The summed E-state index contributed by atoms with van der Waals surface area (Å²) in [5.74, 6) is 0.948. The number of piperazine rings is 1. The normalized spacial score (nSPS) is 15.3. The van der Waals surface area contributed by atoms with E-state index in [1.807, 2.05) is 22.5 Å². The van der Waals surface area contributed by atoms with Gasteiger partial charge < -0.3 is 14.8 Å². The van der Waals surface area contributed by atoms with E-state index < -0.39 is 0 Å². The quantitative estimate of drug-likeness (QED) is 0.861. The summed E-state index contributed by atoms with van der Waals surface area (Å²) < 4.78 is 1.98. The lowest BCUT2D eigenvalue weighted by molar-refractivity contribution is 0.135. The molecule has 2 aromatic rings. The van der Waals surface area contributed by atoms with Gasteiger partial charge in [0.05, 0.1) is 0 Å². The lowest BCUT2D eigenvalue weighted by atomic mass is 10.2. The van der Waals surface area contributed by atoms with Crippen LogP contribution in [0.2, 0.25) is 0 Å². The van der Waals surface area contributed by atoms with Crippen LogP contribution in [0.5, 0.6) is 0 Å². The maximum atomic E-state index is 12.3. The highest BCUT2D eigenvalue weighted by atomic mass is 16.2. The summed E-state index contributed by atoms with van der Waals surface area (Å²) in [5.41, 5.74) is 1.32. The van der Waals surface area contributed by atoms with Gasteiger partial charge in [0.2, 0.25) is 0 Å². The molecule has 1 aromatic carbocycles. The summed E-state index contributed by atoms with van der Waals surface area (Å²) in [4.78, 5) is 16.6. The van der Waals surface area contributed by atoms with Crippen LogP contribution in [0.1, 0.15) is 18.3 Å². The van der Waals surface area contributed by atoms with E-state index in [9.17, 15) is 4.79 Å². The largest absolute Gasteiger partial charge is 0.336 e. The maximum absolute atomic E-state index is 12.3. The van der Waals surface area contributed by atoms with Crippen LogP contribution in [0.25, 0.3) is 0 Å². The van der Waals surface area contributed by atoms with Crippen molar-refractivity contribution in [3.63, 3.8) is 0 Å². The Morgan fingerprint density at radius 1 is 1.16 bits per heavy atom. The Bertz CT molecular complexity index is 663. The summed E-state index contributed by atoms with van der Waals surface area (Å²) in [6.07, 6.45) is 2.56. The van der Waals surface area contributed by atoms with Crippen molar-refractivity contribution in [3.8, 4) is 0 Å². The number of aryl methyl sites for hydroxylation is 1. The lowest BCUT2D eigenvalue weighted by Crippen LogP contribution is -2.51. The zero-order chi connectivity index (χ0) is 17.5. The van der Waals surface area contributed by atoms with Gasteiger partial charge in [0.15, 0.2) is 0 Å². The number of carbonyl (C=O) groups is 1. The zero-order valence-electron chi connectivity index (χ0n) is 14.8. The first-order valence-corrected chi connectivity index (χ1v) is 8.92. The Morgan fingerprint density at radius 3 is 2.64 bits per heavy atom. The first-order chi connectivity index (χ1) is 12.3. The minimum absolute atomic E-state index is 0.0190. The van der Waals surface area contributed by atoms with Gasteiger partial charge in [-0.3, -0.25) is 4.90 Å². The summed E-state index contributed by atoms with van der Waals surface area (Å²) in [6, 6.07) is 10.5. The van der Waals surface area contributed by atoms with E-state index in [0.717, 1.165) is 45.0 Å². The molecule has 7 heteroatoms. The van der Waals surface area contributed by atoms with Gasteiger partial charge in [-0.05, 0) is 5.56 Å². The number of urea groups is 1. The van der Waals surface area contributed by atoms with Crippen molar-refractivity contribution in [2.24, 2.45) is 0 Å². The second-order valence-corrected chi connectivity index (χ2v) is 6.27. The molecule has 1 aliphatic heterocycles. The fraction of sp³-hybridized carbons (Fsp3) is 0.500. The Morgan fingerprint density at radius 2 is 1.92 bits per heavy atom. The molecule has 7 nitrogen and oxygen atoms in total. The third-order valence-corrected chi connectivity index (χ3v) is 4.55. The molecule has 0 saturated carbocycles. The second-order valence-electron chi connectivity index (χ2n) is 6.27. The van der Waals surface area contributed by atoms with Crippen LogP contribution in [0.15, 0.2) is 36.7 Å². The average Bonchev–Trinajstić information content (AvgIpc) is 3.10. The summed E-state index contributed by atoms with van der Waals surface area (Å²) in [6.45, 7) is 7.65. The van der Waals surface area contributed by atoms with E-state index in [1.165, 1.54) is 5.56 Å². The van der Waals surface area contributed by atoms with Crippen molar-refractivity contribution in [1.82, 2.24) is 29.9 Å². The van der Waals surface area contributed by atoms with Gasteiger partial charge in [-0.25, -0.2) is 4.79 Å². The van der Waals surface area contributed by atoms with E-state index in [4.69, 9.17) is 0 Å². The predicted molar refractivity (Wildman–Crippen MR) is 96.1 cm³/mol. The molecule has 0 spiro atoms. The molecule has 0 aliphatic carbocycles. The lowest BCUT2D eigenvalue weighted by Gasteiger charge is -2.34. The molecule has 3 rings (SSSR count). The first kappa shape index (κ1) is 17.4. The van der Waals surface area contributed by atoms with Gasteiger partial charge in [0.25, 0.3) is 0 Å². The van der Waals surface area contributed by atoms with Crippen LogP contribution in [0.3, 0.4) is 0 Å². The summed E-state index contributed by atoms with van der Waals surface area (Å²) >= 11 is 0. The van der Waals surface area contributed by atoms with Gasteiger partial charge in [-0.2, -0.15) is 0 Å². The highest BCUT2D eigenvalue weighted by Crippen LogP contribution is 2.08. The van der Waals surface area contributed by atoms with Crippen molar-refractivity contribution in [2.45, 2.75) is 26.4 Å². The first-order valence-electron chi connectivity index (χ1n) is 8.92. The van der Waals surface area contributed by atoms with E-state index >= 15 is 0 Å². The van der Waals surface area contributed by atoms with E-state index in [-0.39, 0.29) is 6.03 Å². The fourth-order valence-corrected chi connectivity index (χ4v) is 3.09. The zero-order valence-corrected chi connectivity index (χ0v) is 14.8. The highest BCUT2D eigenvalue weighted by Gasteiger charge is 2.20. The van der Waals surface area contributed by atoms with Crippen molar-refractivity contribution in [1.29, 1.82) is 0 Å². The smallest absolute Gasteiger partial charge is 0.317 e. The predicted octanol–water partition coefficient (Wildman–Crippen LogP) is 1.37. The van der Waals surface area contributed by atoms with Crippen molar-refractivity contribution in [3.05, 3.63) is 48.0 Å². The Hall–Kier alpha value is -2.41. The number of nitrogens with zero attached hydrogens (tertiary/aromatic N) is 5.